The molecule has 2 aromatic rings. The van der Waals surface area contributed by atoms with Crippen LogP contribution in [0.15, 0.2) is 60.7 Å². The molecule has 0 unspecified atom stereocenters. The highest BCUT2D eigenvalue weighted by Crippen LogP contribution is 2.37. The molecule has 2 saturated heterocycles. The molecule has 2 aliphatic rings. The molecule has 0 bridgehead atoms. The first-order valence-electron chi connectivity index (χ1n) is 9.49. The van der Waals surface area contributed by atoms with Gasteiger partial charge in [0.15, 0.2) is 0 Å². The van der Waals surface area contributed by atoms with Gasteiger partial charge in [-0.15, -0.1) is 0 Å². The third-order valence-electron chi connectivity index (χ3n) is 5.45. The lowest BCUT2D eigenvalue weighted by Crippen LogP contribution is -2.47. The average Bonchev–Trinajstić information content (AvgIpc) is 2.98. The molecular formula is C22H24N2O3. The molecule has 0 aromatic heterocycles. The van der Waals surface area contributed by atoms with Gasteiger partial charge in [-0.1, -0.05) is 60.7 Å². The van der Waals surface area contributed by atoms with Crippen LogP contribution in [-0.2, 0) is 27.4 Å². The fourth-order valence-electron chi connectivity index (χ4n) is 3.86. The van der Waals surface area contributed by atoms with Gasteiger partial charge in [-0.3, -0.25) is 14.4 Å². The summed E-state index contributed by atoms with van der Waals surface area (Å²) in [5.74, 6) is 0.171. The zero-order chi connectivity index (χ0) is 18.7. The molecule has 0 saturated carbocycles. The second-order valence-corrected chi connectivity index (χ2v) is 7.41. The number of rotatable bonds is 4. The van der Waals surface area contributed by atoms with Crippen molar-refractivity contribution in [3.63, 3.8) is 0 Å². The van der Waals surface area contributed by atoms with Crippen molar-refractivity contribution in [2.75, 3.05) is 13.1 Å². The summed E-state index contributed by atoms with van der Waals surface area (Å²) in [5.41, 5.74) is 1.64. The van der Waals surface area contributed by atoms with Crippen LogP contribution in [0.25, 0.3) is 0 Å². The van der Waals surface area contributed by atoms with Crippen molar-refractivity contribution in [2.24, 2.45) is 0 Å². The van der Waals surface area contributed by atoms with Crippen LogP contribution in [0.2, 0.25) is 0 Å². The third kappa shape index (κ3) is 4.03. The minimum absolute atomic E-state index is 0.0305. The van der Waals surface area contributed by atoms with E-state index in [1.165, 1.54) is 5.06 Å². The molecule has 2 aliphatic heterocycles. The molecular weight excluding hydrogens is 340 g/mol. The van der Waals surface area contributed by atoms with E-state index in [1.807, 2.05) is 65.6 Å². The second kappa shape index (κ2) is 7.53. The van der Waals surface area contributed by atoms with Gasteiger partial charge in [0, 0.05) is 13.1 Å². The number of benzene rings is 2. The number of nitrogens with zero attached hydrogens (tertiary/aromatic N) is 2. The minimum atomic E-state index is -0.449. The number of likely N-dealkylation sites (tertiary alicyclic amines) is 1. The summed E-state index contributed by atoms with van der Waals surface area (Å²) in [7, 11) is 0. The molecule has 5 nitrogen and oxygen atoms in total. The molecule has 0 aliphatic carbocycles. The summed E-state index contributed by atoms with van der Waals surface area (Å²) < 4.78 is 0. The molecule has 2 amide bonds. The Morgan fingerprint density at radius 2 is 1.52 bits per heavy atom. The fourth-order valence-corrected chi connectivity index (χ4v) is 3.86. The maximum absolute atomic E-state index is 12.5. The number of hydroxylamine groups is 2. The fraction of sp³-hybridized carbons (Fsp3) is 0.364. The van der Waals surface area contributed by atoms with Crippen molar-refractivity contribution in [2.45, 2.75) is 37.8 Å². The number of amides is 2. The van der Waals surface area contributed by atoms with E-state index in [4.69, 9.17) is 4.84 Å². The maximum atomic E-state index is 12.5. The number of piperidine rings is 1. The Morgan fingerprint density at radius 1 is 0.926 bits per heavy atom. The average molecular weight is 364 g/mol. The predicted octanol–water partition coefficient (Wildman–Crippen LogP) is 2.95. The summed E-state index contributed by atoms with van der Waals surface area (Å²) in [6.07, 6.45) is 2.23. The van der Waals surface area contributed by atoms with Crippen LogP contribution in [0.1, 0.15) is 30.4 Å². The van der Waals surface area contributed by atoms with Crippen LogP contribution in [0.3, 0.4) is 0 Å². The quantitative estimate of drug-likeness (QED) is 0.838. The van der Waals surface area contributed by atoms with Gasteiger partial charge in [-0.25, -0.2) is 5.06 Å². The summed E-state index contributed by atoms with van der Waals surface area (Å²) >= 11 is 0. The molecule has 2 fully saturated rings. The van der Waals surface area contributed by atoms with Gasteiger partial charge < -0.3 is 4.90 Å². The van der Waals surface area contributed by atoms with Gasteiger partial charge >= 0.3 is 0 Å². The molecule has 27 heavy (non-hydrogen) atoms. The lowest BCUT2D eigenvalue weighted by Gasteiger charge is -2.37. The Balaban J connectivity index is 1.33. The highest BCUT2D eigenvalue weighted by molar-refractivity contribution is 5.80. The van der Waals surface area contributed by atoms with Crippen LogP contribution in [0.4, 0.5) is 0 Å². The number of carbonyl (C=O) groups is 2. The Hall–Kier alpha value is -2.66. The lowest BCUT2D eigenvalue weighted by atomic mass is 9.88. The summed E-state index contributed by atoms with van der Waals surface area (Å²) in [4.78, 5) is 33.0. The molecule has 140 valence electrons. The van der Waals surface area contributed by atoms with Gasteiger partial charge in [-0.05, 0) is 24.0 Å². The van der Waals surface area contributed by atoms with Crippen molar-refractivity contribution >= 4 is 11.8 Å². The topological polar surface area (TPSA) is 49.9 Å². The van der Waals surface area contributed by atoms with Crippen molar-refractivity contribution in [1.29, 1.82) is 0 Å². The van der Waals surface area contributed by atoms with E-state index < -0.39 is 5.60 Å². The molecule has 2 heterocycles. The van der Waals surface area contributed by atoms with Gasteiger partial charge in [-0.2, -0.15) is 0 Å². The number of hydrogen-bond acceptors (Lipinski definition) is 3. The lowest BCUT2D eigenvalue weighted by molar-refractivity contribution is -0.214. The first kappa shape index (κ1) is 17.7. The van der Waals surface area contributed by atoms with E-state index in [0.717, 1.165) is 11.1 Å². The molecule has 0 N–H and O–H groups in total. The van der Waals surface area contributed by atoms with E-state index in [-0.39, 0.29) is 11.8 Å². The van der Waals surface area contributed by atoms with Gasteiger partial charge in [0.1, 0.15) is 5.60 Å². The van der Waals surface area contributed by atoms with Crippen molar-refractivity contribution in [1.82, 2.24) is 9.96 Å². The van der Waals surface area contributed by atoms with Crippen LogP contribution < -0.4 is 0 Å². The SMILES string of the molecule is O=C(Cc1ccccc1)N1CCC2(CC1)CC(=O)N(Cc1ccccc1)O2. The third-order valence-corrected chi connectivity index (χ3v) is 5.45. The van der Waals surface area contributed by atoms with E-state index in [1.54, 1.807) is 0 Å². The van der Waals surface area contributed by atoms with E-state index in [0.29, 0.717) is 45.3 Å². The normalized spacial score (nSPS) is 18.9. The van der Waals surface area contributed by atoms with Crippen LogP contribution >= 0.6 is 0 Å². The van der Waals surface area contributed by atoms with E-state index in [2.05, 4.69) is 0 Å². The van der Waals surface area contributed by atoms with Crippen molar-refractivity contribution in [3.8, 4) is 0 Å². The summed E-state index contributed by atoms with van der Waals surface area (Å²) in [6.45, 7) is 1.74. The Morgan fingerprint density at radius 3 is 2.15 bits per heavy atom. The number of carbonyl (C=O) groups excluding carboxylic acids is 2. The van der Waals surface area contributed by atoms with Crippen LogP contribution in [0, 0.1) is 0 Å². The first-order valence-corrected chi connectivity index (χ1v) is 9.49. The van der Waals surface area contributed by atoms with Gasteiger partial charge in [0.05, 0.1) is 19.4 Å². The molecule has 1 spiro atoms. The maximum Gasteiger partial charge on any atom is 0.249 e. The summed E-state index contributed by atoms with van der Waals surface area (Å²) in [6, 6.07) is 19.7. The van der Waals surface area contributed by atoms with E-state index in [9.17, 15) is 9.59 Å². The molecule has 0 atom stereocenters. The highest BCUT2D eigenvalue weighted by Gasteiger charge is 2.47. The molecule has 2 aromatic carbocycles. The zero-order valence-electron chi connectivity index (χ0n) is 15.3. The second-order valence-electron chi connectivity index (χ2n) is 7.41. The first-order chi connectivity index (χ1) is 13.1. The highest BCUT2D eigenvalue weighted by atomic mass is 16.7. The molecule has 5 heteroatoms. The minimum Gasteiger partial charge on any atom is -0.342 e. The van der Waals surface area contributed by atoms with Gasteiger partial charge in [0.25, 0.3) is 0 Å². The Kier molecular flexibility index (Phi) is 4.94. The Labute approximate surface area is 159 Å². The Bertz CT molecular complexity index is 799. The van der Waals surface area contributed by atoms with Gasteiger partial charge in [0.2, 0.25) is 11.8 Å². The van der Waals surface area contributed by atoms with E-state index >= 15 is 0 Å². The molecule has 4 rings (SSSR count). The standard InChI is InChI=1S/C22H24N2O3/c25-20(15-18-7-3-1-4-8-18)23-13-11-22(12-14-23)16-21(26)24(27-22)17-19-9-5-2-6-10-19/h1-10H,11-17H2. The van der Waals surface area contributed by atoms with Crippen LogP contribution in [0.5, 0.6) is 0 Å². The predicted molar refractivity (Wildman–Crippen MR) is 101 cm³/mol. The smallest absolute Gasteiger partial charge is 0.249 e. The molecule has 0 radical (unpaired) electrons. The zero-order valence-corrected chi connectivity index (χ0v) is 15.3. The van der Waals surface area contributed by atoms with Crippen LogP contribution in [-0.4, -0.2) is 40.5 Å². The monoisotopic (exact) mass is 364 g/mol. The van der Waals surface area contributed by atoms with Crippen molar-refractivity contribution in [3.05, 3.63) is 71.8 Å². The summed E-state index contributed by atoms with van der Waals surface area (Å²) in [5, 5.41) is 1.50. The largest absolute Gasteiger partial charge is 0.342 e. The van der Waals surface area contributed by atoms with Crippen molar-refractivity contribution < 1.29 is 14.4 Å². The number of hydrogen-bond donors (Lipinski definition) is 0.